The van der Waals surface area contributed by atoms with Crippen molar-refractivity contribution in [2.45, 2.75) is 46.6 Å². The summed E-state index contributed by atoms with van der Waals surface area (Å²) >= 11 is 0. The molecule has 0 unspecified atom stereocenters. The summed E-state index contributed by atoms with van der Waals surface area (Å²) in [5.41, 5.74) is 2.92. The minimum absolute atomic E-state index is 0.0744. The highest BCUT2D eigenvalue weighted by Gasteiger charge is 2.36. The van der Waals surface area contributed by atoms with Crippen LogP contribution in [0.25, 0.3) is 0 Å². The third-order valence-corrected chi connectivity index (χ3v) is 6.03. The van der Waals surface area contributed by atoms with Crippen LogP contribution in [-0.4, -0.2) is 47.9 Å². The summed E-state index contributed by atoms with van der Waals surface area (Å²) < 4.78 is 13.9. The maximum atomic E-state index is 13.9. The molecular formula is C26H35FN2O. The zero-order chi connectivity index (χ0) is 21.8. The lowest BCUT2D eigenvalue weighted by Crippen LogP contribution is -2.42. The fourth-order valence-corrected chi connectivity index (χ4v) is 4.57. The predicted octanol–water partition coefficient (Wildman–Crippen LogP) is 5.36. The molecule has 3 nitrogen and oxygen atoms in total. The van der Waals surface area contributed by atoms with Gasteiger partial charge in [0.05, 0.1) is 0 Å². The van der Waals surface area contributed by atoms with Crippen LogP contribution >= 0.6 is 0 Å². The molecule has 0 radical (unpaired) electrons. The van der Waals surface area contributed by atoms with Crippen LogP contribution in [0.2, 0.25) is 0 Å². The number of carbonyl (C=O) groups excluding carboxylic acids is 1. The third-order valence-electron chi connectivity index (χ3n) is 6.03. The second-order valence-electron chi connectivity index (χ2n) is 9.45. The number of nitrogens with zero attached hydrogens (tertiary/aromatic N) is 2. The summed E-state index contributed by atoms with van der Waals surface area (Å²) in [5, 5.41) is 0. The van der Waals surface area contributed by atoms with Gasteiger partial charge in [0.15, 0.2) is 0 Å². The van der Waals surface area contributed by atoms with Gasteiger partial charge in [-0.1, -0.05) is 43.7 Å². The number of benzene rings is 2. The SMILES string of the molecule is Cc1ccc(C(=O)N(C[C@H]2CN(CC(C)C)C[C@@H]2c2cccc(F)c2)C(C)C)cc1. The molecule has 2 atom stereocenters. The second kappa shape index (κ2) is 9.74. The van der Waals surface area contributed by atoms with Crippen molar-refractivity contribution in [2.24, 2.45) is 11.8 Å². The predicted molar refractivity (Wildman–Crippen MR) is 121 cm³/mol. The van der Waals surface area contributed by atoms with Crippen LogP contribution in [0.4, 0.5) is 4.39 Å². The van der Waals surface area contributed by atoms with Gasteiger partial charge in [0, 0.05) is 43.7 Å². The molecular weight excluding hydrogens is 375 g/mol. The van der Waals surface area contributed by atoms with Crippen molar-refractivity contribution in [1.82, 2.24) is 9.80 Å². The number of hydrogen-bond donors (Lipinski definition) is 0. The van der Waals surface area contributed by atoms with Crippen LogP contribution in [0.1, 0.15) is 55.1 Å². The van der Waals surface area contributed by atoms with E-state index in [9.17, 15) is 9.18 Å². The quantitative estimate of drug-likeness (QED) is 0.614. The van der Waals surface area contributed by atoms with E-state index in [1.165, 1.54) is 6.07 Å². The van der Waals surface area contributed by atoms with Gasteiger partial charge in [0.2, 0.25) is 0 Å². The monoisotopic (exact) mass is 410 g/mol. The number of likely N-dealkylation sites (tertiary alicyclic amines) is 1. The number of hydrogen-bond acceptors (Lipinski definition) is 2. The summed E-state index contributed by atoms with van der Waals surface area (Å²) in [6, 6.07) is 14.9. The van der Waals surface area contributed by atoms with E-state index in [1.807, 2.05) is 42.2 Å². The van der Waals surface area contributed by atoms with Gasteiger partial charge in [0.1, 0.15) is 5.82 Å². The minimum Gasteiger partial charge on any atom is -0.336 e. The molecule has 2 aromatic carbocycles. The van der Waals surface area contributed by atoms with Crippen molar-refractivity contribution in [3.05, 3.63) is 71.0 Å². The first-order valence-corrected chi connectivity index (χ1v) is 11.1. The van der Waals surface area contributed by atoms with E-state index >= 15 is 0 Å². The summed E-state index contributed by atoms with van der Waals surface area (Å²) in [5.74, 6) is 0.969. The highest BCUT2D eigenvalue weighted by atomic mass is 19.1. The molecule has 4 heteroatoms. The normalized spacial score (nSPS) is 19.6. The van der Waals surface area contributed by atoms with Gasteiger partial charge < -0.3 is 9.80 Å². The largest absolute Gasteiger partial charge is 0.336 e. The Kier molecular flexibility index (Phi) is 7.30. The van der Waals surface area contributed by atoms with Crippen molar-refractivity contribution in [3.63, 3.8) is 0 Å². The molecule has 3 rings (SSSR count). The zero-order valence-electron chi connectivity index (χ0n) is 18.9. The molecule has 0 aromatic heterocycles. The van der Waals surface area contributed by atoms with Gasteiger partial charge in [-0.15, -0.1) is 0 Å². The Morgan fingerprint density at radius 1 is 1.10 bits per heavy atom. The van der Waals surface area contributed by atoms with Gasteiger partial charge in [-0.05, 0) is 62.4 Å². The van der Waals surface area contributed by atoms with Crippen LogP contribution in [0.15, 0.2) is 48.5 Å². The summed E-state index contributed by atoms with van der Waals surface area (Å²) in [7, 11) is 0. The molecule has 30 heavy (non-hydrogen) atoms. The van der Waals surface area contributed by atoms with Crippen LogP contribution in [-0.2, 0) is 0 Å². The van der Waals surface area contributed by atoms with E-state index in [4.69, 9.17) is 0 Å². The summed E-state index contributed by atoms with van der Waals surface area (Å²) in [6.45, 7) is 14.2. The number of carbonyl (C=O) groups is 1. The molecule has 0 saturated carbocycles. The fourth-order valence-electron chi connectivity index (χ4n) is 4.57. The Bertz CT molecular complexity index is 846. The van der Waals surface area contributed by atoms with E-state index < -0.39 is 0 Å². The summed E-state index contributed by atoms with van der Waals surface area (Å²) in [6.07, 6.45) is 0. The van der Waals surface area contributed by atoms with Crippen LogP contribution in [0.3, 0.4) is 0 Å². The standard InChI is InChI=1S/C26H35FN2O/c1-18(2)14-28-15-23(25(17-28)22-7-6-8-24(27)13-22)16-29(19(3)4)26(30)21-11-9-20(5)10-12-21/h6-13,18-19,23,25H,14-17H2,1-5H3/t23-,25-/m1/s1. The van der Waals surface area contributed by atoms with Gasteiger partial charge >= 0.3 is 0 Å². The molecule has 1 aliphatic rings. The smallest absolute Gasteiger partial charge is 0.254 e. The minimum atomic E-state index is -0.190. The molecule has 0 aliphatic carbocycles. The molecule has 1 saturated heterocycles. The molecule has 162 valence electrons. The van der Waals surface area contributed by atoms with Gasteiger partial charge in [-0.3, -0.25) is 4.79 Å². The lowest BCUT2D eigenvalue weighted by atomic mass is 9.88. The third kappa shape index (κ3) is 5.48. The van der Waals surface area contributed by atoms with Crippen molar-refractivity contribution < 1.29 is 9.18 Å². The first kappa shape index (κ1) is 22.5. The average molecular weight is 411 g/mol. The van der Waals surface area contributed by atoms with Crippen molar-refractivity contribution in [1.29, 1.82) is 0 Å². The van der Waals surface area contributed by atoms with E-state index in [-0.39, 0.29) is 29.6 Å². The molecule has 1 heterocycles. The molecule has 0 bridgehead atoms. The van der Waals surface area contributed by atoms with E-state index in [0.29, 0.717) is 12.5 Å². The van der Waals surface area contributed by atoms with Gasteiger partial charge in [0.25, 0.3) is 5.91 Å². The molecule has 1 aliphatic heterocycles. The first-order valence-electron chi connectivity index (χ1n) is 11.1. The molecule has 2 aromatic rings. The first-order chi connectivity index (χ1) is 14.2. The molecule has 1 fully saturated rings. The molecule has 0 spiro atoms. The Balaban J connectivity index is 1.84. The lowest BCUT2D eigenvalue weighted by molar-refractivity contribution is 0.0668. The number of halogens is 1. The maximum absolute atomic E-state index is 13.9. The topological polar surface area (TPSA) is 23.6 Å². The van der Waals surface area contributed by atoms with E-state index in [0.717, 1.165) is 36.3 Å². The second-order valence-corrected chi connectivity index (χ2v) is 9.45. The van der Waals surface area contributed by atoms with Gasteiger partial charge in [-0.2, -0.15) is 0 Å². The number of amides is 1. The average Bonchev–Trinajstić information content (AvgIpc) is 3.07. The molecule has 0 N–H and O–H groups in total. The maximum Gasteiger partial charge on any atom is 0.254 e. The van der Waals surface area contributed by atoms with Crippen LogP contribution in [0.5, 0.6) is 0 Å². The van der Waals surface area contributed by atoms with Crippen molar-refractivity contribution in [2.75, 3.05) is 26.2 Å². The Morgan fingerprint density at radius 3 is 2.40 bits per heavy atom. The van der Waals surface area contributed by atoms with Crippen molar-refractivity contribution >= 4 is 5.91 Å². The number of aryl methyl sites for hydroxylation is 1. The lowest BCUT2D eigenvalue weighted by Gasteiger charge is -2.32. The summed E-state index contributed by atoms with van der Waals surface area (Å²) in [4.78, 5) is 17.8. The van der Waals surface area contributed by atoms with Gasteiger partial charge in [-0.25, -0.2) is 4.39 Å². The fraction of sp³-hybridized carbons (Fsp3) is 0.500. The van der Waals surface area contributed by atoms with Crippen LogP contribution < -0.4 is 0 Å². The van der Waals surface area contributed by atoms with E-state index in [2.05, 4.69) is 32.6 Å². The van der Waals surface area contributed by atoms with Crippen molar-refractivity contribution in [3.8, 4) is 0 Å². The highest BCUT2D eigenvalue weighted by molar-refractivity contribution is 5.94. The molecule has 1 amide bonds. The van der Waals surface area contributed by atoms with Crippen LogP contribution in [0, 0.1) is 24.6 Å². The highest BCUT2D eigenvalue weighted by Crippen LogP contribution is 2.34. The Morgan fingerprint density at radius 2 is 1.80 bits per heavy atom. The Labute approximate surface area is 180 Å². The van der Waals surface area contributed by atoms with E-state index in [1.54, 1.807) is 12.1 Å². The Hall–Kier alpha value is -2.20. The number of rotatable bonds is 7. The zero-order valence-corrected chi connectivity index (χ0v) is 18.9.